The van der Waals surface area contributed by atoms with E-state index in [1.807, 2.05) is 7.05 Å². The summed E-state index contributed by atoms with van der Waals surface area (Å²) in [7, 11) is 1.99. The SMILES string of the molecule is CNC1CN(C(C#N)C2CC2)C1. The number of likely N-dealkylation sites (N-methyl/N-ethyl adjacent to an activating group) is 1. The highest BCUT2D eigenvalue weighted by Gasteiger charge is 2.40. The Morgan fingerprint density at radius 3 is 2.58 bits per heavy atom. The molecule has 2 aliphatic rings. The van der Waals surface area contributed by atoms with Gasteiger partial charge in [-0.2, -0.15) is 5.26 Å². The maximum Gasteiger partial charge on any atom is 0.101 e. The smallest absolute Gasteiger partial charge is 0.101 e. The van der Waals surface area contributed by atoms with Crippen molar-refractivity contribution in [2.45, 2.75) is 24.9 Å². The fourth-order valence-corrected chi connectivity index (χ4v) is 1.82. The van der Waals surface area contributed by atoms with Gasteiger partial charge in [-0.1, -0.05) is 0 Å². The number of hydrogen-bond donors (Lipinski definition) is 1. The molecule has 12 heavy (non-hydrogen) atoms. The van der Waals surface area contributed by atoms with Crippen LogP contribution in [0.5, 0.6) is 0 Å². The maximum atomic E-state index is 8.92. The molecule has 2 rings (SSSR count). The lowest BCUT2D eigenvalue weighted by molar-refractivity contribution is 0.0943. The largest absolute Gasteiger partial charge is 0.315 e. The van der Waals surface area contributed by atoms with Gasteiger partial charge in [0.1, 0.15) is 6.04 Å². The van der Waals surface area contributed by atoms with Crippen LogP contribution in [0, 0.1) is 17.2 Å². The average molecular weight is 165 g/mol. The Bertz CT molecular complexity index is 198. The van der Waals surface area contributed by atoms with Gasteiger partial charge in [0.15, 0.2) is 0 Å². The zero-order valence-corrected chi connectivity index (χ0v) is 7.45. The minimum atomic E-state index is 0.217. The van der Waals surface area contributed by atoms with Gasteiger partial charge in [-0.15, -0.1) is 0 Å². The molecule has 1 atom stereocenters. The molecule has 0 aromatic carbocycles. The first-order valence-corrected chi connectivity index (χ1v) is 4.66. The zero-order valence-electron chi connectivity index (χ0n) is 7.45. The highest BCUT2D eigenvalue weighted by Crippen LogP contribution is 2.36. The molecule has 0 bridgehead atoms. The van der Waals surface area contributed by atoms with E-state index in [9.17, 15) is 0 Å². The third-order valence-electron chi connectivity index (χ3n) is 2.91. The van der Waals surface area contributed by atoms with Crippen LogP contribution in [0.4, 0.5) is 0 Å². The lowest BCUT2D eigenvalue weighted by atomic mass is 10.0. The van der Waals surface area contributed by atoms with Crippen molar-refractivity contribution in [3.63, 3.8) is 0 Å². The number of likely N-dealkylation sites (tertiary alicyclic amines) is 1. The predicted molar refractivity (Wildman–Crippen MR) is 46.5 cm³/mol. The second-order valence-corrected chi connectivity index (χ2v) is 3.85. The van der Waals surface area contributed by atoms with Crippen molar-refractivity contribution in [3.8, 4) is 6.07 Å². The van der Waals surface area contributed by atoms with E-state index in [1.165, 1.54) is 12.8 Å². The summed E-state index contributed by atoms with van der Waals surface area (Å²) < 4.78 is 0. The molecule has 1 saturated heterocycles. The molecule has 0 aromatic rings. The molecule has 0 amide bonds. The van der Waals surface area contributed by atoms with E-state index in [-0.39, 0.29) is 6.04 Å². The van der Waals surface area contributed by atoms with Gasteiger partial charge in [-0.3, -0.25) is 4.90 Å². The number of nitriles is 1. The summed E-state index contributed by atoms with van der Waals surface area (Å²) in [5, 5.41) is 12.1. The van der Waals surface area contributed by atoms with Crippen molar-refractivity contribution in [2.75, 3.05) is 20.1 Å². The lowest BCUT2D eigenvalue weighted by Crippen LogP contribution is -2.60. The van der Waals surface area contributed by atoms with E-state index in [4.69, 9.17) is 5.26 Å². The lowest BCUT2D eigenvalue weighted by Gasteiger charge is -2.41. The number of hydrogen-bond acceptors (Lipinski definition) is 3. The summed E-state index contributed by atoms with van der Waals surface area (Å²) in [6.07, 6.45) is 2.53. The van der Waals surface area contributed by atoms with E-state index in [1.54, 1.807) is 0 Å². The minimum absolute atomic E-state index is 0.217. The third-order valence-corrected chi connectivity index (χ3v) is 2.91. The summed E-state index contributed by atoms with van der Waals surface area (Å²) >= 11 is 0. The Morgan fingerprint density at radius 1 is 1.50 bits per heavy atom. The van der Waals surface area contributed by atoms with Crippen LogP contribution in [0.15, 0.2) is 0 Å². The van der Waals surface area contributed by atoms with Crippen molar-refractivity contribution >= 4 is 0 Å². The average Bonchev–Trinajstić information content (AvgIpc) is 2.78. The van der Waals surface area contributed by atoms with Crippen molar-refractivity contribution in [2.24, 2.45) is 5.92 Å². The van der Waals surface area contributed by atoms with Crippen LogP contribution in [-0.2, 0) is 0 Å². The number of nitrogens with one attached hydrogen (secondary N) is 1. The summed E-state index contributed by atoms with van der Waals surface area (Å²) in [6, 6.07) is 3.25. The van der Waals surface area contributed by atoms with Crippen molar-refractivity contribution in [1.82, 2.24) is 10.2 Å². The maximum absolute atomic E-state index is 8.92. The van der Waals surface area contributed by atoms with Gasteiger partial charge in [0.25, 0.3) is 0 Å². The summed E-state index contributed by atoms with van der Waals surface area (Å²) in [4.78, 5) is 2.29. The van der Waals surface area contributed by atoms with Crippen LogP contribution in [-0.4, -0.2) is 37.1 Å². The van der Waals surface area contributed by atoms with Crippen LogP contribution in [0.1, 0.15) is 12.8 Å². The van der Waals surface area contributed by atoms with Gasteiger partial charge in [0.05, 0.1) is 6.07 Å². The van der Waals surface area contributed by atoms with E-state index in [0.717, 1.165) is 13.1 Å². The normalized spacial score (nSPS) is 27.7. The highest BCUT2D eigenvalue weighted by molar-refractivity contribution is 5.06. The Kier molecular flexibility index (Phi) is 2.03. The van der Waals surface area contributed by atoms with Crippen LogP contribution in [0.25, 0.3) is 0 Å². The Balaban J connectivity index is 1.81. The number of rotatable bonds is 3. The van der Waals surface area contributed by atoms with E-state index in [0.29, 0.717) is 12.0 Å². The Labute approximate surface area is 73.3 Å². The fourth-order valence-electron chi connectivity index (χ4n) is 1.82. The topological polar surface area (TPSA) is 39.1 Å². The van der Waals surface area contributed by atoms with Gasteiger partial charge >= 0.3 is 0 Å². The third kappa shape index (κ3) is 1.33. The molecule has 0 spiro atoms. The van der Waals surface area contributed by atoms with Crippen molar-refractivity contribution in [1.29, 1.82) is 5.26 Å². The first-order chi connectivity index (χ1) is 5.85. The second kappa shape index (κ2) is 3.04. The first-order valence-electron chi connectivity index (χ1n) is 4.66. The zero-order chi connectivity index (χ0) is 8.55. The highest BCUT2D eigenvalue weighted by atomic mass is 15.3. The molecule has 1 heterocycles. The molecule has 0 radical (unpaired) electrons. The van der Waals surface area contributed by atoms with Gasteiger partial charge < -0.3 is 5.32 Å². The van der Waals surface area contributed by atoms with Crippen LogP contribution in [0.3, 0.4) is 0 Å². The molecule has 3 nitrogen and oxygen atoms in total. The molecule has 1 unspecified atom stereocenters. The quantitative estimate of drug-likeness (QED) is 0.649. The molecule has 2 fully saturated rings. The van der Waals surface area contributed by atoms with Gasteiger partial charge in [-0.25, -0.2) is 0 Å². The summed E-state index contributed by atoms with van der Waals surface area (Å²) in [5.74, 6) is 0.688. The van der Waals surface area contributed by atoms with Crippen molar-refractivity contribution < 1.29 is 0 Å². The molecule has 3 heteroatoms. The molecule has 1 aliphatic carbocycles. The molecule has 66 valence electrons. The molecular formula is C9H15N3. The first kappa shape index (κ1) is 8.03. The van der Waals surface area contributed by atoms with Crippen LogP contribution < -0.4 is 5.32 Å². The summed E-state index contributed by atoms with van der Waals surface area (Å²) in [6.45, 7) is 2.12. The van der Waals surface area contributed by atoms with Crippen molar-refractivity contribution in [3.05, 3.63) is 0 Å². The predicted octanol–water partition coefficient (Wildman–Crippen LogP) is 0.192. The molecule has 1 aliphatic heterocycles. The van der Waals surface area contributed by atoms with Gasteiger partial charge in [0.2, 0.25) is 0 Å². The molecule has 1 saturated carbocycles. The molecule has 0 aromatic heterocycles. The minimum Gasteiger partial charge on any atom is -0.315 e. The van der Waals surface area contributed by atoms with E-state index < -0.39 is 0 Å². The van der Waals surface area contributed by atoms with E-state index >= 15 is 0 Å². The molecular weight excluding hydrogens is 150 g/mol. The van der Waals surface area contributed by atoms with Gasteiger partial charge in [0, 0.05) is 19.1 Å². The van der Waals surface area contributed by atoms with Gasteiger partial charge in [-0.05, 0) is 25.8 Å². The van der Waals surface area contributed by atoms with Crippen LogP contribution >= 0.6 is 0 Å². The molecule has 1 N–H and O–H groups in total. The van der Waals surface area contributed by atoms with Crippen LogP contribution in [0.2, 0.25) is 0 Å². The van der Waals surface area contributed by atoms with E-state index in [2.05, 4.69) is 16.3 Å². The monoisotopic (exact) mass is 165 g/mol. The number of nitrogens with zero attached hydrogens (tertiary/aromatic N) is 2. The Hall–Kier alpha value is -0.590. The standard InChI is InChI=1S/C9H15N3/c1-11-8-5-12(6-8)9(4-10)7-2-3-7/h7-9,11H,2-3,5-6H2,1H3. The summed E-state index contributed by atoms with van der Waals surface area (Å²) in [5.41, 5.74) is 0. The fraction of sp³-hybridized carbons (Fsp3) is 0.889. The second-order valence-electron chi connectivity index (χ2n) is 3.85. The Morgan fingerprint density at radius 2 is 2.17 bits per heavy atom.